The zero-order chi connectivity index (χ0) is 26.1. The Labute approximate surface area is 207 Å². The maximum atomic E-state index is 13.4. The number of aryl methyl sites for hydroxylation is 1. The summed E-state index contributed by atoms with van der Waals surface area (Å²) in [6, 6.07) is 12.5. The number of nitrogens with one attached hydrogen (secondary N) is 1. The van der Waals surface area contributed by atoms with Gasteiger partial charge in [0.1, 0.15) is 0 Å². The fraction of sp³-hybridized carbons (Fsp3) is 0.423. The lowest BCUT2D eigenvalue weighted by atomic mass is 9.70. The van der Waals surface area contributed by atoms with Gasteiger partial charge in [-0.25, -0.2) is 4.79 Å². The van der Waals surface area contributed by atoms with E-state index in [1.165, 1.54) is 12.1 Å². The van der Waals surface area contributed by atoms with Crippen LogP contribution in [-0.4, -0.2) is 43.0 Å². The van der Waals surface area contributed by atoms with Crippen LogP contribution >= 0.6 is 0 Å². The molecule has 10 heteroatoms. The zero-order valence-corrected chi connectivity index (χ0v) is 19.9. The van der Waals surface area contributed by atoms with Gasteiger partial charge >= 0.3 is 12.2 Å². The average Bonchev–Trinajstić information content (AvgIpc) is 3.23. The largest absolute Gasteiger partial charge is 0.417 e. The molecule has 2 aliphatic rings. The summed E-state index contributed by atoms with van der Waals surface area (Å²) in [5.74, 6) is -1.02. The van der Waals surface area contributed by atoms with Gasteiger partial charge in [0.05, 0.1) is 23.1 Å². The number of likely N-dealkylation sites (tertiary alicyclic amines) is 1. The molecule has 2 aromatic carbocycles. The Hall–Kier alpha value is -3.74. The lowest BCUT2D eigenvalue weighted by Crippen LogP contribution is -2.47. The van der Waals surface area contributed by atoms with Crippen molar-refractivity contribution in [1.82, 2.24) is 4.90 Å². The second-order valence-corrected chi connectivity index (χ2v) is 9.51. The number of amides is 3. The summed E-state index contributed by atoms with van der Waals surface area (Å²) in [5, 5.41) is 11.9. The zero-order valence-electron chi connectivity index (χ0n) is 19.9. The van der Waals surface area contributed by atoms with Gasteiger partial charge in [-0.2, -0.15) is 18.4 Å². The monoisotopic (exact) mass is 499 g/mol. The van der Waals surface area contributed by atoms with Crippen molar-refractivity contribution in [2.75, 3.05) is 36.4 Å². The van der Waals surface area contributed by atoms with Crippen LogP contribution in [0.25, 0.3) is 0 Å². The van der Waals surface area contributed by atoms with Gasteiger partial charge in [0, 0.05) is 43.0 Å². The van der Waals surface area contributed by atoms with E-state index in [0.717, 1.165) is 18.1 Å². The summed E-state index contributed by atoms with van der Waals surface area (Å²) in [6.07, 6.45) is -2.81. The predicted molar refractivity (Wildman–Crippen MR) is 129 cm³/mol. The molecular formula is C26H28F3N5O2. The van der Waals surface area contributed by atoms with Crippen molar-refractivity contribution in [2.45, 2.75) is 32.4 Å². The minimum absolute atomic E-state index is 0.198. The number of benzene rings is 2. The van der Waals surface area contributed by atoms with Gasteiger partial charge in [-0.1, -0.05) is 19.1 Å². The van der Waals surface area contributed by atoms with Gasteiger partial charge in [0.2, 0.25) is 5.91 Å². The number of hydrogen-bond donors (Lipinski definition) is 2. The first-order chi connectivity index (χ1) is 17.1. The first kappa shape index (κ1) is 25.4. The van der Waals surface area contributed by atoms with Crippen LogP contribution in [0.15, 0.2) is 42.5 Å². The molecule has 36 heavy (non-hydrogen) atoms. The number of nitrogens with zero attached hydrogens (tertiary/aromatic N) is 3. The average molecular weight is 500 g/mol. The number of urea groups is 1. The Balaban J connectivity index is 1.48. The van der Waals surface area contributed by atoms with Crippen molar-refractivity contribution < 1.29 is 22.8 Å². The first-order valence-electron chi connectivity index (χ1n) is 11.9. The van der Waals surface area contributed by atoms with Crippen LogP contribution in [0.4, 0.5) is 29.3 Å². The second kappa shape index (κ2) is 9.72. The Morgan fingerprint density at radius 2 is 1.92 bits per heavy atom. The molecule has 1 atom stereocenters. The van der Waals surface area contributed by atoms with Crippen LogP contribution in [0.1, 0.15) is 36.5 Å². The molecule has 0 aliphatic carbocycles. The van der Waals surface area contributed by atoms with E-state index >= 15 is 0 Å². The fourth-order valence-corrected chi connectivity index (χ4v) is 5.36. The van der Waals surface area contributed by atoms with Crippen molar-refractivity contribution in [1.29, 1.82) is 5.26 Å². The van der Waals surface area contributed by atoms with E-state index in [2.05, 4.69) is 5.32 Å². The topological polar surface area (TPSA) is 102 Å². The van der Waals surface area contributed by atoms with Gasteiger partial charge in [0.25, 0.3) is 0 Å². The number of primary amides is 1. The number of alkyl halides is 3. The molecule has 2 fully saturated rings. The molecule has 1 spiro atoms. The molecule has 190 valence electrons. The first-order valence-corrected chi connectivity index (χ1v) is 11.9. The van der Waals surface area contributed by atoms with Gasteiger partial charge in [-0.3, -0.25) is 4.79 Å². The van der Waals surface area contributed by atoms with Crippen molar-refractivity contribution in [2.24, 2.45) is 17.1 Å². The van der Waals surface area contributed by atoms with Crippen LogP contribution in [0.5, 0.6) is 0 Å². The van der Waals surface area contributed by atoms with Crippen molar-refractivity contribution in [3.05, 3.63) is 59.2 Å². The molecule has 1 unspecified atom stereocenters. The van der Waals surface area contributed by atoms with E-state index in [1.54, 1.807) is 17.0 Å². The van der Waals surface area contributed by atoms with Crippen LogP contribution < -0.4 is 16.0 Å². The number of carbonyl (C=O) groups excluding carboxylic acids is 2. The summed E-state index contributed by atoms with van der Waals surface area (Å²) >= 11 is 0. The van der Waals surface area contributed by atoms with Gasteiger partial charge in [-0.05, 0) is 55.2 Å². The minimum Gasteiger partial charge on any atom is -0.371 e. The molecule has 0 saturated carbocycles. The minimum atomic E-state index is -4.63. The molecule has 2 aromatic rings. The summed E-state index contributed by atoms with van der Waals surface area (Å²) < 4.78 is 40.2. The van der Waals surface area contributed by atoms with Gasteiger partial charge < -0.3 is 20.9 Å². The molecule has 2 heterocycles. The third-order valence-electron chi connectivity index (χ3n) is 7.42. The Bertz CT molecular complexity index is 1200. The highest BCUT2D eigenvalue weighted by molar-refractivity contribution is 5.90. The lowest BCUT2D eigenvalue weighted by molar-refractivity contribution is -0.137. The standard InChI is InChI=1S/C26H28F3N5O2/c1-2-17-4-3-5-19(12-17)32-24(36)34-15-22(23(31)35)25(16-34)8-10-33(11-9-25)20-7-6-18(14-30)21(13-20)26(27,28)29/h3-7,12-13,22H,2,8-11,15-16H2,1H3,(H2,31,35)(H,32,36). The molecule has 4 rings (SSSR count). The third-order valence-corrected chi connectivity index (χ3v) is 7.42. The fourth-order valence-electron chi connectivity index (χ4n) is 5.36. The molecule has 0 bridgehead atoms. The smallest absolute Gasteiger partial charge is 0.371 e. The number of rotatable bonds is 4. The summed E-state index contributed by atoms with van der Waals surface area (Å²) in [6.45, 7) is 3.37. The number of piperidine rings is 1. The highest BCUT2D eigenvalue weighted by atomic mass is 19.4. The highest BCUT2D eigenvalue weighted by Gasteiger charge is 2.52. The van der Waals surface area contributed by atoms with Crippen LogP contribution in [0.3, 0.4) is 0 Å². The van der Waals surface area contributed by atoms with Gasteiger partial charge in [-0.15, -0.1) is 0 Å². The number of halogens is 3. The highest BCUT2D eigenvalue weighted by Crippen LogP contribution is 2.46. The Kier molecular flexibility index (Phi) is 6.85. The number of nitrogens with two attached hydrogens (primary N) is 1. The molecule has 2 aliphatic heterocycles. The number of anilines is 2. The van der Waals surface area contributed by atoms with Crippen molar-refractivity contribution in [3.8, 4) is 6.07 Å². The van der Waals surface area contributed by atoms with E-state index < -0.39 is 34.5 Å². The van der Waals surface area contributed by atoms with Crippen molar-refractivity contribution in [3.63, 3.8) is 0 Å². The van der Waals surface area contributed by atoms with Gasteiger partial charge in [0.15, 0.2) is 0 Å². The molecule has 2 saturated heterocycles. The van der Waals surface area contributed by atoms with E-state index in [4.69, 9.17) is 11.0 Å². The summed E-state index contributed by atoms with van der Waals surface area (Å²) in [7, 11) is 0. The number of nitriles is 1. The molecule has 0 aromatic heterocycles. The normalized spacial score (nSPS) is 19.2. The van der Waals surface area contributed by atoms with Crippen LogP contribution in [0.2, 0.25) is 0 Å². The van der Waals surface area contributed by atoms with Crippen LogP contribution in [0, 0.1) is 22.7 Å². The molecule has 0 radical (unpaired) electrons. The maximum absolute atomic E-state index is 13.4. The number of carbonyl (C=O) groups is 2. The molecular weight excluding hydrogens is 471 g/mol. The third kappa shape index (κ3) is 4.96. The molecule has 3 N–H and O–H groups in total. The Morgan fingerprint density at radius 3 is 2.53 bits per heavy atom. The SMILES string of the molecule is CCc1cccc(NC(=O)N2CC(C(N)=O)C3(CCN(c4ccc(C#N)c(C(F)(F)F)c4)CC3)C2)c1. The second-order valence-electron chi connectivity index (χ2n) is 9.51. The van der Waals surface area contributed by atoms with E-state index in [-0.39, 0.29) is 12.6 Å². The molecule has 7 nitrogen and oxygen atoms in total. The van der Waals surface area contributed by atoms with Crippen LogP contribution in [-0.2, 0) is 17.4 Å². The van der Waals surface area contributed by atoms with E-state index in [0.29, 0.717) is 43.9 Å². The van der Waals surface area contributed by atoms with E-state index in [9.17, 15) is 22.8 Å². The molecule has 3 amide bonds. The van der Waals surface area contributed by atoms with Crippen molar-refractivity contribution >= 4 is 23.3 Å². The Morgan fingerprint density at radius 1 is 1.19 bits per heavy atom. The summed E-state index contributed by atoms with van der Waals surface area (Å²) in [5.41, 5.74) is 5.94. The lowest BCUT2D eigenvalue weighted by Gasteiger charge is -2.42. The maximum Gasteiger partial charge on any atom is 0.417 e. The quantitative estimate of drug-likeness (QED) is 0.652. The van der Waals surface area contributed by atoms with E-state index in [1.807, 2.05) is 30.0 Å². The predicted octanol–water partition coefficient (Wildman–Crippen LogP) is 4.38. The summed E-state index contributed by atoms with van der Waals surface area (Å²) in [4.78, 5) is 28.8. The number of hydrogen-bond acceptors (Lipinski definition) is 4.